The van der Waals surface area contributed by atoms with Gasteiger partial charge in [0.15, 0.2) is 0 Å². The number of hydrogen-bond donors (Lipinski definition) is 1. The van der Waals surface area contributed by atoms with Crippen LogP contribution in [0.5, 0.6) is 0 Å². The molecule has 0 radical (unpaired) electrons. The van der Waals surface area contributed by atoms with Crippen molar-refractivity contribution in [2.24, 2.45) is 11.7 Å². The van der Waals surface area contributed by atoms with E-state index in [9.17, 15) is 4.79 Å². The van der Waals surface area contributed by atoms with E-state index >= 15 is 0 Å². The Morgan fingerprint density at radius 1 is 1.12 bits per heavy atom. The highest BCUT2D eigenvalue weighted by molar-refractivity contribution is 5.79. The third-order valence-corrected chi connectivity index (χ3v) is 4.15. The van der Waals surface area contributed by atoms with Crippen molar-refractivity contribution in [2.45, 2.75) is 70.9 Å². The highest BCUT2D eigenvalue weighted by Crippen LogP contribution is 2.22. The van der Waals surface area contributed by atoms with Gasteiger partial charge in [-0.1, -0.05) is 39.0 Å². The largest absolute Gasteiger partial charge is 0.342 e. The van der Waals surface area contributed by atoms with E-state index in [4.69, 9.17) is 5.73 Å². The Hall–Kier alpha value is -0.570. The summed E-state index contributed by atoms with van der Waals surface area (Å²) in [4.78, 5) is 14.2. The van der Waals surface area contributed by atoms with E-state index in [1.54, 1.807) is 0 Å². The van der Waals surface area contributed by atoms with Crippen molar-refractivity contribution in [1.29, 1.82) is 0 Å². The Morgan fingerprint density at radius 3 is 2.06 bits per heavy atom. The van der Waals surface area contributed by atoms with E-state index in [-0.39, 0.29) is 17.9 Å². The lowest BCUT2D eigenvalue weighted by Crippen LogP contribution is -2.44. The molecule has 1 fully saturated rings. The lowest BCUT2D eigenvalue weighted by atomic mass is 9.94. The van der Waals surface area contributed by atoms with Gasteiger partial charge in [0.2, 0.25) is 5.91 Å². The van der Waals surface area contributed by atoms with E-state index < -0.39 is 0 Å². The molecule has 0 aromatic heterocycles. The molecule has 0 aromatic carbocycles. The SMILES string of the molecule is CC(N)C(C)C(=O)N(C)C1CCCCCCC1. The second-order valence-electron chi connectivity index (χ2n) is 5.60. The van der Waals surface area contributed by atoms with Crippen LogP contribution >= 0.6 is 0 Å². The maximum atomic E-state index is 12.2. The third-order valence-electron chi connectivity index (χ3n) is 4.15. The van der Waals surface area contributed by atoms with Gasteiger partial charge in [-0.2, -0.15) is 0 Å². The molecule has 3 nitrogen and oxygen atoms in total. The van der Waals surface area contributed by atoms with E-state index in [1.807, 2.05) is 25.8 Å². The Bertz CT molecular complexity index is 232. The minimum Gasteiger partial charge on any atom is -0.342 e. The monoisotopic (exact) mass is 240 g/mol. The molecule has 2 atom stereocenters. The van der Waals surface area contributed by atoms with Gasteiger partial charge >= 0.3 is 0 Å². The van der Waals surface area contributed by atoms with E-state index in [0.717, 1.165) is 12.8 Å². The maximum absolute atomic E-state index is 12.2. The number of carbonyl (C=O) groups excluding carboxylic acids is 1. The quantitative estimate of drug-likeness (QED) is 0.824. The average molecular weight is 240 g/mol. The van der Waals surface area contributed by atoms with Crippen LogP contribution in [-0.2, 0) is 4.79 Å². The Balaban J connectivity index is 2.53. The molecule has 1 aliphatic carbocycles. The Labute approximate surface area is 106 Å². The van der Waals surface area contributed by atoms with E-state index in [2.05, 4.69) is 0 Å². The molecule has 0 saturated heterocycles. The summed E-state index contributed by atoms with van der Waals surface area (Å²) in [6.07, 6.45) is 8.84. The summed E-state index contributed by atoms with van der Waals surface area (Å²) in [6.45, 7) is 3.85. The predicted molar refractivity (Wildman–Crippen MR) is 71.7 cm³/mol. The zero-order valence-corrected chi connectivity index (χ0v) is 11.6. The molecule has 0 heterocycles. The molecule has 1 rings (SSSR count). The molecule has 17 heavy (non-hydrogen) atoms. The minimum atomic E-state index is -0.0644. The van der Waals surface area contributed by atoms with Gasteiger partial charge in [0.05, 0.1) is 5.92 Å². The molecule has 0 aromatic rings. The summed E-state index contributed by atoms with van der Waals surface area (Å²) in [5.41, 5.74) is 5.81. The topological polar surface area (TPSA) is 46.3 Å². The zero-order valence-electron chi connectivity index (χ0n) is 11.6. The Kier molecular flexibility index (Phi) is 5.96. The predicted octanol–water partition coefficient (Wildman–Crippen LogP) is 2.54. The van der Waals surface area contributed by atoms with Crippen LogP contribution in [-0.4, -0.2) is 29.9 Å². The van der Waals surface area contributed by atoms with Gasteiger partial charge in [-0.3, -0.25) is 4.79 Å². The second kappa shape index (κ2) is 7.00. The Morgan fingerprint density at radius 2 is 1.59 bits per heavy atom. The molecule has 1 aliphatic rings. The molecular weight excluding hydrogens is 212 g/mol. The molecule has 3 heteroatoms. The van der Waals surface area contributed by atoms with Gasteiger partial charge in [0.25, 0.3) is 0 Å². The fourth-order valence-corrected chi connectivity index (χ4v) is 2.55. The number of rotatable bonds is 3. The second-order valence-corrected chi connectivity index (χ2v) is 5.60. The van der Waals surface area contributed by atoms with Crippen molar-refractivity contribution in [1.82, 2.24) is 4.90 Å². The number of nitrogens with zero attached hydrogens (tertiary/aromatic N) is 1. The summed E-state index contributed by atoms with van der Waals surface area (Å²) >= 11 is 0. The molecular formula is C14H28N2O. The lowest BCUT2D eigenvalue weighted by Gasteiger charge is -2.32. The van der Waals surface area contributed by atoms with Crippen molar-refractivity contribution in [3.8, 4) is 0 Å². The first-order valence-electron chi connectivity index (χ1n) is 7.06. The van der Waals surface area contributed by atoms with Gasteiger partial charge in [-0.25, -0.2) is 0 Å². The molecule has 1 amide bonds. The van der Waals surface area contributed by atoms with E-state index in [0.29, 0.717) is 6.04 Å². The fourth-order valence-electron chi connectivity index (χ4n) is 2.55. The van der Waals surface area contributed by atoms with Crippen LogP contribution in [0.25, 0.3) is 0 Å². The molecule has 0 aliphatic heterocycles. The number of carbonyl (C=O) groups is 1. The molecule has 0 spiro atoms. The van der Waals surface area contributed by atoms with Gasteiger partial charge in [-0.15, -0.1) is 0 Å². The van der Waals surface area contributed by atoms with Crippen molar-refractivity contribution in [2.75, 3.05) is 7.05 Å². The van der Waals surface area contributed by atoms with Crippen LogP contribution in [0.15, 0.2) is 0 Å². The molecule has 0 bridgehead atoms. The normalized spacial score (nSPS) is 22.4. The first kappa shape index (κ1) is 14.5. The van der Waals surface area contributed by atoms with Crippen molar-refractivity contribution < 1.29 is 4.79 Å². The van der Waals surface area contributed by atoms with Crippen LogP contribution < -0.4 is 5.73 Å². The van der Waals surface area contributed by atoms with E-state index in [1.165, 1.54) is 32.1 Å². The van der Waals surface area contributed by atoms with Crippen LogP contribution in [0, 0.1) is 5.92 Å². The van der Waals surface area contributed by atoms with Crippen molar-refractivity contribution in [3.63, 3.8) is 0 Å². The summed E-state index contributed by atoms with van der Waals surface area (Å²) in [7, 11) is 1.95. The average Bonchev–Trinajstić information content (AvgIpc) is 2.25. The van der Waals surface area contributed by atoms with Crippen LogP contribution in [0.4, 0.5) is 0 Å². The number of nitrogens with two attached hydrogens (primary N) is 1. The van der Waals surface area contributed by atoms with Crippen molar-refractivity contribution >= 4 is 5.91 Å². The molecule has 2 unspecified atom stereocenters. The van der Waals surface area contributed by atoms with Crippen molar-refractivity contribution in [3.05, 3.63) is 0 Å². The third kappa shape index (κ3) is 4.30. The molecule has 1 saturated carbocycles. The molecule has 2 N–H and O–H groups in total. The summed E-state index contributed by atoms with van der Waals surface area (Å²) < 4.78 is 0. The minimum absolute atomic E-state index is 0.0569. The number of hydrogen-bond acceptors (Lipinski definition) is 2. The highest BCUT2D eigenvalue weighted by atomic mass is 16.2. The van der Waals surface area contributed by atoms with Gasteiger partial charge in [-0.05, 0) is 19.8 Å². The maximum Gasteiger partial charge on any atom is 0.226 e. The highest BCUT2D eigenvalue weighted by Gasteiger charge is 2.26. The summed E-state index contributed by atoms with van der Waals surface area (Å²) in [5.74, 6) is 0.149. The van der Waals surface area contributed by atoms with Gasteiger partial charge in [0, 0.05) is 19.1 Å². The lowest BCUT2D eigenvalue weighted by molar-refractivity contribution is -0.136. The summed E-state index contributed by atoms with van der Waals surface area (Å²) in [6, 6.07) is 0.377. The van der Waals surface area contributed by atoms with Crippen LogP contribution in [0.1, 0.15) is 58.8 Å². The standard InChI is InChI=1S/C14H28N2O/c1-11(12(2)15)14(17)16(3)13-9-7-5-4-6-8-10-13/h11-13H,4-10,15H2,1-3H3. The van der Waals surface area contributed by atoms with Crippen LogP contribution in [0.2, 0.25) is 0 Å². The first-order valence-corrected chi connectivity index (χ1v) is 7.06. The summed E-state index contributed by atoms with van der Waals surface area (Å²) in [5, 5.41) is 0. The van der Waals surface area contributed by atoms with Gasteiger partial charge in [0.1, 0.15) is 0 Å². The smallest absolute Gasteiger partial charge is 0.226 e. The fraction of sp³-hybridized carbons (Fsp3) is 0.929. The number of amides is 1. The zero-order chi connectivity index (χ0) is 12.8. The first-order chi connectivity index (χ1) is 8.04. The molecule has 100 valence electrons. The van der Waals surface area contributed by atoms with Gasteiger partial charge < -0.3 is 10.6 Å². The van der Waals surface area contributed by atoms with Crippen LogP contribution in [0.3, 0.4) is 0 Å².